The fraction of sp³-hybridized carbons (Fsp3) is 0.950. The number of carbonyl (C=O) groups is 1. The van der Waals surface area contributed by atoms with E-state index in [0.29, 0.717) is 11.2 Å². The van der Waals surface area contributed by atoms with Crippen molar-refractivity contribution >= 4 is 5.78 Å². The van der Waals surface area contributed by atoms with Crippen LogP contribution >= 0.6 is 0 Å². The van der Waals surface area contributed by atoms with Gasteiger partial charge in [0.05, 0.1) is 6.10 Å². The maximum absolute atomic E-state index is 12.0. The molecular weight excluding hydrogens is 272 g/mol. The third-order valence-corrected chi connectivity index (χ3v) is 8.73. The van der Waals surface area contributed by atoms with Gasteiger partial charge in [0.1, 0.15) is 5.78 Å². The molecule has 0 aliphatic heterocycles. The number of Topliss-reactive ketones (excluding diaryl/α,β-unsaturated/α-hetero) is 1. The van der Waals surface area contributed by atoms with Crippen LogP contribution in [0.3, 0.4) is 0 Å². The molecule has 4 aliphatic carbocycles. The van der Waals surface area contributed by atoms with Crippen molar-refractivity contribution in [2.24, 2.45) is 34.5 Å². The van der Waals surface area contributed by atoms with Crippen LogP contribution in [0.5, 0.6) is 0 Å². The molecule has 7 unspecified atom stereocenters. The number of ketones is 1. The van der Waals surface area contributed by atoms with Crippen LogP contribution < -0.4 is 0 Å². The van der Waals surface area contributed by atoms with Crippen molar-refractivity contribution in [3.05, 3.63) is 0 Å². The Morgan fingerprint density at radius 1 is 0.864 bits per heavy atom. The first kappa shape index (κ1) is 15.2. The Kier molecular flexibility index (Phi) is 3.49. The number of rotatable bonds is 0. The SMILES string of the molecule is CC12CCC3C(CCC4CCC(=O)CCC43C)C1CCC2O. The minimum absolute atomic E-state index is 0.0697. The average molecular weight is 304 g/mol. The van der Waals surface area contributed by atoms with Gasteiger partial charge >= 0.3 is 0 Å². The highest BCUT2D eigenvalue weighted by Crippen LogP contribution is 2.65. The van der Waals surface area contributed by atoms with Crippen LogP contribution in [-0.4, -0.2) is 17.0 Å². The molecule has 0 saturated heterocycles. The van der Waals surface area contributed by atoms with E-state index in [1.165, 1.54) is 32.1 Å². The van der Waals surface area contributed by atoms with Crippen molar-refractivity contribution in [1.82, 2.24) is 0 Å². The first-order valence-corrected chi connectivity index (χ1v) is 9.65. The monoisotopic (exact) mass is 304 g/mol. The molecule has 22 heavy (non-hydrogen) atoms. The van der Waals surface area contributed by atoms with E-state index < -0.39 is 0 Å². The largest absolute Gasteiger partial charge is 0.393 e. The van der Waals surface area contributed by atoms with Gasteiger partial charge in [-0.05, 0) is 85.9 Å². The summed E-state index contributed by atoms with van der Waals surface area (Å²) in [5.74, 6) is 3.63. The van der Waals surface area contributed by atoms with E-state index in [1.54, 1.807) is 0 Å². The Morgan fingerprint density at radius 2 is 1.64 bits per heavy atom. The van der Waals surface area contributed by atoms with Gasteiger partial charge < -0.3 is 5.11 Å². The van der Waals surface area contributed by atoms with E-state index in [9.17, 15) is 9.90 Å². The highest BCUT2D eigenvalue weighted by atomic mass is 16.3. The topological polar surface area (TPSA) is 37.3 Å². The number of carbonyl (C=O) groups excluding carboxylic acids is 1. The van der Waals surface area contributed by atoms with Gasteiger partial charge in [-0.25, -0.2) is 0 Å². The van der Waals surface area contributed by atoms with Gasteiger partial charge in [-0.2, -0.15) is 0 Å². The average Bonchev–Trinajstić information content (AvgIpc) is 2.70. The van der Waals surface area contributed by atoms with Crippen molar-refractivity contribution in [2.75, 3.05) is 0 Å². The zero-order valence-corrected chi connectivity index (χ0v) is 14.3. The van der Waals surface area contributed by atoms with Crippen LogP contribution in [0.15, 0.2) is 0 Å². The second kappa shape index (κ2) is 5.06. The highest BCUT2D eigenvalue weighted by molar-refractivity contribution is 5.78. The predicted octanol–water partition coefficient (Wildman–Crippen LogP) is 4.35. The lowest BCUT2D eigenvalue weighted by molar-refractivity contribution is -0.119. The summed E-state index contributed by atoms with van der Waals surface area (Å²) in [6.45, 7) is 4.87. The number of aliphatic hydroxyl groups is 1. The molecule has 4 rings (SSSR count). The second-order valence-electron chi connectivity index (χ2n) is 9.37. The summed E-state index contributed by atoms with van der Waals surface area (Å²) in [5, 5.41) is 10.5. The summed E-state index contributed by atoms with van der Waals surface area (Å²) in [7, 11) is 0. The zero-order chi connectivity index (χ0) is 15.5. The van der Waals surface area contributed by atoms with Crippen LogP contribution in [0.25, 0.3) is 0 Å². The van der Waals surface area contributed by atoms with Gasteiger partial charge in [-0.1, -0.05) is 13.8 Å². The Balaban J connectivity index is 1.64. The summed E-state index contributed by atoms with van der Waals surface area (Å²) in [5.41, 5.74) is 0.578. The molecule has 0 bridgehead atoms. The van der Waals surface area contributed by atoms with E-state index in [1.807, 2.05) is 0 Å². The lowest BCUT2D eigenvalue weighted by Crippen LogP contribution is -2.52. The normalized spacial score (nSPS) is 55.0. The molecule has 0 spiro atoms. The minimum atomic E-state index is -0.0697. The first-order valence-electron chi connectivity index (χ1n) is 9.65. The van der Waals surface area contributed by atoms with Gasteiger partial charge in [0, 0.05) is 12.8 Å². The Hall–Kier alpha value is -0.370. The predicted molar refractivity (Wildman–Crippen MR) is 87.4 cm³/mol. The molecule has 0 aromatic rings. The van der Waals surface area contributed by atoms with E-state index in [-0.39, 0.29) is 11.5 Å². The van der Waals surface area contributed by atoms with E-state index in [2.05, 4.69) is 13.8 Å². The van der Waals surface area contributed by atoms with Crippen LogP contribution in [0.2, 0.25) is 0 Å². The third kappa shape index (κ3) is 1.98. The maximum atomic E-state index is 12.0. The summed E-state index contributed by atoms with van der Waals surface area (Å²) >= 11 is 0. The van der Waals surface area contributed by atoms with E-state index in [4.69, 9.17) is 0 Å². The molecule has 2 heteroatoms. The summed E-state index contributed by atoms with van der Waals surface area (Å²) in [6.07, 6.45) is 11.3. The number of fused-ring (bicyclic) bond motifs is 5. The second-order valence-corrected chi connectivity index (χ2v) is 9.37. The van der Waals surface area contributed by atoms with Gasteiger partial charge in [0.25, 0.3) is 0 Å². The number of aliphatic hydroxyl groups excluding tert-OH is 1. The molecule has 0 heterocycles. The smallest absolute Gasteiger partial charge is 0.132 e. The van der Waals surface area contributed by atoms with Crippen molar-refractivity contribution < 1.29 is 9.90 Å². The minimum Gasteiger partial charge on any atom is -0.393 e. The summed E-state index contributed by atoms with van der Waals surface area (Å²) < 4.78 is 0. The summed E-state index contributed by atoms with van der Waals surface area (Å²) in [6, 6.07) is 0. The zero-order valence-electron chi connectivity index (χ0n) is 14.3. The lowest BCUT2D eigenvalue weighted by Gasteiger charge is -2.58. The molecule has 4 fully saturated rings. The molecule has 0 aromatic heterocycles. The molecule has 4 saturated carbocycles. The molecular formula is C20H32O2. The quantitative estimate of drug-likeness (QED) is 0.722. The van der Waals surface area contributed by atoms with Crippen LogP contribution in [0, 0.1) is 34.5 Å². The molecule has 124 valence electrons. The van der Waals surface area contributed by atoms with E-state index in [0.717, 1.165) is 55.8 Å². The Morgan fingerprint density at radius 3 is 2.45 bits per heavy atom. The number of hydrogen-bond donors (Lipinski definition) is 1. The molecule has 7 atom stereocenters. The Bertz CT molecular complexity index is 472. The molecule has 4 aliphatic rings. The van der Waals surface area contributed by atoms with E-state index >= 15 is 0 Å². The van der Waals surface area contributed by atoms with Crippen molar-refractivity contribution in [3.8, 4) is 0 Å². The van der Waals surface area contributed by atoms with Crippen molar-refractivity contribution in [3.63, 3.8) is 0 Å². The van der Waals surface area contributed by atoms with Crippen LogP contribution in [0.4, 0.5) is 0 Å². The summed E-state index contributed by atoms with van der Waals surface area (Å²) in [4.78, 5) is 12.0. The Labute approximate surface area is 135 Å². The standard InChI is InChI=1S/C20H32O2/c1-19-11-9-14(21)5-3-13(19)4-6-15-16-7-8-18(22)20(16,2)12-10-17(15)19/h13,15-18,22H,3-12H2,1-2H3. The maximum Gasteiger partial charge on any atom is 0.132 e. The molecule has 1 N–H and O–H groups in total. The lowest BCUT2D eigenvalue weighted by atomic mass is 9.47. The number of hydrogen-bond acceptors (Lipinski definition) is 2. The van der Waals surface area contributed by atoms with Crippen LogP contribution in [0.1, 0.15) is 78.1 Å². The fourth-order valence-corrected chi connectivity index (χ4v) is 7.24. The van der Waals surface area contributed by atoms with Gasteiger partial charge in [0.2, 0.25) is 0 Å². The molecule has 0 amide bonds. The van der Waals surface area contributed by atoms with Gasteiger partial charge in [0.15, 0.2) is 0 Å². The van der Waals surface area contributed by atoms with Crippen LogP contribution in [-0.2, 0) is 4.79 Å². The van der Waals surface area contributed by atoms with Gasteiger partial charge in [-0.15, -0.1) is 0 Å². The third-order valence-electron chi connectivity index (χ3n) is 8.73. The van der Waals surface area contributed by atoms with Crippen molar-refractivity contribution in [2.45, 2.75) is 84.2 Å². The molecule has 0 radical (unpaired) electrons. The van der Waals surface area contributed by atoms with Gasteiger partial charge in [-0.3, -0.25) is 4.79 Å². The fourth-order valence-electron chi connectivity index (χ4n) is 7.24. The molecule has 0 aromatic carbocycles. The van der Waals surface area contributed by atoms with Crippen molar-refractivity contribution in [1.29, 1.82) is 0 Å². The first-order chi connectivity index (χ1) is 10.4. The molecule has 2 nitrogen and oxygen atoms in total. The highest BCUT2D eigenvalue weighted by Gasteiger charge is 2.59.